The van der Waals surface area contributed by atoms with Crippen LogP contribution < -0.4 is 0 Å². The van der Waals surface area contributed by atoms with Crippen molar-refractivity contribution < 1.29 is 9.84 Å². The second kappa shape index (κ2) is 6.88. The van der Waals surface area contributed by atoms with Crippen LogP contribution in [0.2, 0.25) is 0 Å². The summed E-state index contributed by atoms with van der Waals surface area (Å²) in [7, 11) is 0. The highest BCUT2D eigenvalue weighted by Crippen LogP contribution is 2.44. The lowest BCUT2D eigenvalue weighted by Gasteiger charge is -2.23. The Balaban J connectivity index is 2.11. The van der Waals surface area contributed by atoms with Crippen LogP contribution in [0, 0.1) is 11.8 Å². The fraction of sp³-hybridized carbons (Fsp3) is 0.800. The highest BCUT2D eigenvalue weighted by atomic mass is 16.6. The number of hydrogen-bond acceptors (Lipinski definition) is 2. The predicted octanol–water partition coefficient (Wildman–Crippen LogP) is 5.02. The zero-order chi connectivity index (χ0) is 16.4. The first-order valence-electron chi connectivity index (χ1n) is 8.97. The first-order chi connectivity index (χ1) is 10.2. The first kappa shape index (κ1) is 17.7. The molecule has 22 heavy (non-hydrogen) atoms. The van der Waals surface area contributed by atoms with Crippen LogP contribution in [0.3, 0.4) is 0 Å². The maximum atomic E-state index is 10.5. The Morgan fingerprint density at radius 2 is 1.95 bits per heavy atom. The van der Waals surface area contributed by atoms with E-state index in [1.807, 2.05) is 13.0 Å². The van der Waals surface area contributed by atoms with Gasteiger partial charge in [-0.15, -0.1) is 0 Å². The minimum Gasteiger partial charge on any atom is -0.386 e. The summed E-state index contributed by atoms with van der Waals surface area (Å²) in [6, 6.07) is 0. The van der Waals surface area contributed by atoms with Gasteiger partial charge in [-0.25, -0.2) is 0 Å². The number of rotatable bonds is 1. The van der Waals surface area contributed by atoms with Crippen LogP contribution in [0.15, 0.2) is 23.8 Å². The van der Waals surface area contributed by atoms with Crippen LogP contribution in [-0.2, 0) is 4.74 Å². The van der Waals surface area contributed by atoms with Crippen molar-refractivity contribution in [3.63, 3.8) is 0 Å². The Morgan fingerprint density at radius 3 is 2.64 bits per heavy atom. The molecule has 1 N–H and O–H groups in total. The van der Waals surface area contributed by atoms with Gasteiger partial charge in [0, 0.05) is 0 Å². The Kier molecular flexibility index (Phi) is 5.55. The van der Waals surface area contributed by atoms with E-state index in [0.29, 0.717) is 17.9 Å². The number of aliphatic hydroxyl groups is 1. The lowest BCUT2D eigenvalue weighted by Crippen LogP contribution is -2.22. The molecule has 2 rings (SSSR count). The summed E-state index contributed by atoms with van der Waals surface area (Å²) in [5.74, 6) is 1.12. The molecule has 2 nitrogen and oxygen atoms in total. The summed E-state index contributed by atoms with van der Waals surface area (Å²) < 4.78 is 6.00. The Labute approximate surface area is 136 Å². The van der Waals surface area contributed by atoms with Crippen molar-refractivity contribution in [1.29, 1.82) is 0 Å². The summed E-state index contributed by atoms with van der Waals surface area (Å²) in [5.41, 5.74) is 0.819. The molecule has 0 spiro atoms. The molecule has 0 amide bonds. The topological polar surface area (TPSA) is 32.8 Å². The molecular weight excluding hydrogens is 272 g/mol. The molecule has 0 unspecified atom stereocenters. The maximum absolute atomic E-state index is 10.5. The molecule has 126 valence electrons. The molecule has 0 radical (unpaired) electrons. The van der Waals surface area contributed by atoms with E-state index in [2.05, 4.69) is 39.8 Å². The van der Waals surface area contributed by atoms with E-state index in [1.54, 1.807) is 0 Å². The van der Waals surface area contributed by atoms with Gasteiger partial charge in [0.25, 0.3) is 0 Å². The van der Waals surface area contributed by atoms with Gasteiger partial charge in [0.2, 0.25) is 0 Å². The average Bonchev–Trinajstić information content (AvgIpc) is 3.06. The summed E-state index contributed by atoms with van der Waals surface area (Å²) in [5, 5.41) is 10.5. The number of ether oxygens (including phenoxy) is 1. The molecule has 1 aliphatic carbocycles. The van der Waals surface area contributed by atoms with Crippen LogP contribution in [-0.4, -0.2) is 22.4 Å². The summed E-state index contributed by atoms with van der Waals surface area (Å²) in [4.78, 5) is 0. The second-order valence-corrected chi connectivity index (χ2v) is 8.21. The van der Waals surface area contributed by atoms with E-state index in [4.69, 9.17) is 4.74 Å². The van der Waals surface area contributed by atoms with Crippen LogP contribution in [0.4, 0.5) is 0 Å². The highest BCUT2D eigenvalue weighted by molar-refractivity contribution is 5.08. The molecule has 2 aliphatic rings. The van der Waals surface area contributed by atoms with Crippen LogP contribution in [0.1, 0.15) is 73.1 Å². The van der Waals surface area contributed by atoms with Gasteiger partial charge in [-0.1, -0.05) is 37.6 Å². The van der Waals surface area contributed by atoms with Crippen LogP contribution >= 0.6 is 0 Å². The molecule has 2 heteroatoms. The number of fused-ring (bicyclic) bond motifs is 1. The van der Waals surface area contributed by atoms with Gasteiger partial charge >= 0.3 is 0 Å². The molecule has 0 aromatic carbocycles. The number of epoxide rings is 1. The summed E-state index contributed by atoms with van der Waals surface area (Å²) >= 11 is 0. The number of allylic oxidation sites excluding steroid dienone is 3. The summed E-state index contributed by atoms with van der Waals surface area (Å²) in [6.45, 7) is 10.9. The van der Waals surface area contributed by atoms with Gasteiger partial charge < -0.3 is 9.84 Å². The third kappa shape index (κ3) is 4.96. The minimum atomic E-state index is -0.698. The fourth-order valence-corrected chi connectivity index (χ4v) is 3.47. The lowest BCUT2D eigenvalue weighted by atomic mass is 9.84. The van der Waals surface area contributed by atoms with Crippen molar-refractivity contribution in [2.45, 2.75) is 90.4 Å². The zero-order valence-corrected chi connectivity index (χ0v) is 15.1. The average molecular weight is 306 g/mol. The second-order valence-electron chi connectivity index (χ2n) is 8.21. The van der Waals surface area contributed by atoms with Crippen molar-refractivity contribution in [2.75, 3.05) is 0 Å². The molecule has 4 atom stereocenters. The first-order valence-corrected chi connectivity index (χ1v) is 8.97. The normalized spacial score (nSPS) is 44.6. The summed E-state index contributed by atoms with van der Waals surface area (Å²) in [6.07, 6.45) is 13.3. The van der Waals surface area contributed by atoms with E-state index < -0.39 is 5.60 Å². The maximum Gasteiger partial charge on any atom is 0.0920 e. The molecule has 1 saturated heterocycles. The molecule has 0 bridgehead atoms. The molecule has 0 aromatic heterocycles. The van der Waals surface area contributed by atoms with Gasteiger partial charge in [0.1, 0.15) is 0 Å². The quantitative estimate of drug-likeness (QED) is 0.545. The molecular formula is C20H34O2. The van der Waals surface area contributed by atoms with E-state index >= 15 is 0 Å². The molecule has 1 fully saturated rings. The Bertz CT molecular complexity index is 433. The minimum absolute atomic E-state index is 0.0912. The standard InChI is InChI=1S/C20H34O2/c1-15(2)17-10-13-19(4,21)12-6-7-16(3)8-9-18-20(5,22-18)14-11-17/h7,10,13,15,17-18,21H,6,8-9,11-12,14H2,1-5H3/b13-10+,16-7+/t17-,18-,19-,20+/m0/s1. The van der Waals surface area contributed by atoms with Crippen LogP contribution in [0.25, 0.3) is 0 Å². The largest absolute Gasteiger partial charge is 0.386 e. The highest BCUT2D eigenvalue weighted by Gasteiger charge is 2.50. The van der Waals surface area contributed by atoms with Gasteiger partial charge in [0.05, 0.1) is 17.3 Å². The van der Waals surface area contributed by atoms with Gasteiger partial charge in [-0.3, -0.25) is 0 Å². The Morgan fingerprint density at radius 1 is 1.23 bits per heavy atom. The van der Waals surface area contributed by atoms with E-state index in [9.17, 15) is 5.11 Å². The van der Waals surface area contributed by atoms with Crippen molar-refractivity contribution in [1.82, 2.24) is 0 Å². The van der Waals surface area contributed by atoms with E-state index in [0.717, 1.165) is 38.5 Å². The SMILES string of the molecule is C/C1=C\CC[C@](C)(O)/C=C/[C@H](C(C)C)CC[C@@]2(C)O[C@H]2CC1. The fourth-order valence-electron chi connectivity index (χ4n) is 3.47. The Hall–Kier alpha value is -0.600. The number of hydrogen-bond donors (Lipinski definition) is 1. The third-order valence-corrected chi connectivity index (χ3v) is 5.51. The van der Waals surface area contributed by atoms with Gasteiger partial charge in [-0.2, -0.15) is 0 Å². The van der Waals surface area contributed by atoms with Crippen molar-refractivity contribution >= 4 is 0 Å². The smallest absolute Gasteiger partial charge is 0.0920 e. The third-order valence-electron chi connectivity index (χ3n) is 5.51. The van der Waals surface area contributed by atoms with Gasteiger partial charge in [0.15, 0.2) is 0 Å². The predicted molar refractivity (Wildman–Crippen MR) is 92.8 cm³/mol. The van der Waals surface area contributed by atoms with Crippen molar-refractivity contribution in [2.24, 2.45) is 11.8 Å². The molecule has 0 saturated carbocycles. The van der Waals surface area contributed by atoms with E-state index in [-0.39, 0.29) is 5.60 Å². The monoisotopic (exact) mass is 306 g/mol. The van der Waals surface area contributed by atoms with Crippen LogP contribution in [0.5, 0.6) is 0 Å². The van der Waals surface area contributed by atoms with Gasteiger partial charge in [-0.05, 0) is 71.1 Å². The van der Waals surface area contributed by atoms with Crippen molar-refractivity contribution in [3.8, 4) is 0 Å². The van der Waals surface area contributed by atoms with Crippen molar-refractivity contribution in [3.05, 3.63) is 23.8 Å². The lowest BCUT2D eigenvalue weighted by molar-refractivity contribution is 0.102. The zero-order valence-electron chi connectivity index (χ0n) is 15.1. The molecule has 1 aliphatic heterocycles. The molecule has 0 aromatic rings. The molecule has 1 heterocycles. The van der Waals surface area contributed by atoms with E-state index in [1.165, 1.54) is 5.57 Å².